The molecule has 0 saturated carbocycles. The zero-order chi connectivity index (χ0) is 17.9. The second-order valence-electron chi connectivity index (χ2n) is 4.54. The van der Waals surface area contributed by atoms with E-state index in [0.717, 1.165) is 36.2 Å². The first-order valence-corrected chi connectivity index (χ1v) is 8.59. The Labute approximate surface area is 140 Å². The van der Waals surface area contributed by atoms with Crippen molar-refractivity contribution in [3.8, 4) is 5.75 Å². The lowest BCUT2D eigenvalue weighted by molar-refractivity contribution is -0.138. The van der Waals surface area contributed by atoms with E-state index in [2.05, 4.69) is 15.5 Å². The number of amides is 1. The van der Waals surface area contributed by atoms with Gasteiger partial charge in [0.1, 0.15) is 11.0 Å². The number of nitrogens with one attached hydrogen (secondary N) is 1. The van der Waals surface area contributed by atoms with Crippen molar-refractivity contribution in [2.24, 2.45) is 10.2 Å². The molecule has 1 atom stereocenters. The summed E-state index contributed by atoms with van der Waals surface area (Å²) in [7, 11) is -4.43. The van der Waals surface area contributed by atoms with Crippen LogP contribution in [0.5, 0.6) is 5.75 Å². The maximum absolute atomic E-state index is 11.5. The molecule has 0 bridgehead atoms. The highest BCUT2D eigenvalue weighted by Crippen LogP contribution is 2.23. The number of rotatable bonds is 5. The normalized spacial score (nSPS) is 19.8. The maximum atomic E-state index is 11.5. The number of benzene rings is 1. The van der Waals surface area contributed by atoms with Crippen molar-refractivity contribution in [1.29, 1.82) is 0 Å². The first kappa shape index (κ1) is 17.9. The summed E-state index contributed by atoms with van der Waals surface area (Å²) in [5.41, 5.74) is -0.0223. The molecule has 24 heavy (non-hydrogen) atoms. The highest BCUT2D eigenvalue weighted by atomic mass is 32.2. The summed E-state index contributed by atoms with van der Waals surface area (Å²) in [6.45, 7) is 0. The second kappa shape index (κ2) is 6.98. The van der Waals surface area contributed by atoms with Crippen molar-refractivity contribution in [3.05, 3.63) is 23.8 Å². The van der Waals surface area contributed by atoms with Crippen molar-refractivity contribution < 1.29 is 32.8 Å². The van der Waals surface area contributed by atoms with Crippen LogP contribution in [0.25, 0.3) is 0 Å². The van der Waals surface area contributed by atoms with E-state index in [4.69, 9.17) is 9.66 Å². The number of carbonyl (C=O) groups excluding carboxylic acids is 1. The average molecular weight is 373 g/mol. The number of hydrogen-bond acceptors (Lipinski definition) is 8. The molecular formula is C12H11N3O7S2. The van der Waals surface area contributed by atoms with Gasteiger partial charge in [0.05, 0.1) is 17.5 Å². The summed E-state index contributed by atoms with van der Waals surface area (Å²) in [4.78, 5) is 21.7. The maximum Gasteiger partial charge on any atom is 0.305 e. The largest absolute Gasteiger partial charge is 0.507 e. The van der Waals surface area contributed by atoms with E-state index >= 15 is 0 Å². The predicted molar refractivity (Wildman–Crippen MR) is 84.7 cm³/mol. The molecular weight excluding hydrogens is 362 g/mol. The topological polar surface area (TPSA) is 166 Å². The summed E-state index contributed by atoms with van der Waals surface area (Å²) in [6.07, 6.45) is 0.657. The number of carboxylic acid groups (broad SMARTS) is 1. The van der Waals surface area contributed by atoms with E-state index in [0.29, 0.717) is 0 Å². The summed E-state index contributed by atoms with van der Waals surface area (Å²) in [6, 6.07) is 3.06. The molecule has 1 aliphatic rings. The number of phenolic OH excluding ortho intramolecular Hbond substituents is 1. The first-order chi connectivity index (χ1) is 11.2. The summed E-state index contributed by atoms with van der Waals surface area (Å²) >= 11 is 0.890. The third-order valence-electron chi connectivity index (χ3n) is 2.78. The minimum Gasteiger partial charge on any atom is -0.507 e. The number of aliphatic carboxylic acids is 1. The number of carbonyl (C=O) groups is 2. The summed E-state index contributed by atoms with van der Waals surface area (Å²) in [5.74, 6) is -1.93. The van der Waals surface area contributed by atoms with Crippen LogP contribution >= 0.6 is 11.8 Å². The summed E-state index contributed by atoms with van der Waals surface area (Å²) < 4.78 is 31.0. The van der Waals surface area contributed by atoms with Crippen LogP contribution in [0.2, 0.25) is 0 Å². The van der Waals surface area contributed by atoms with Gasteiger partial charge in [0, 0.05) is 5.56 Å². The Balaban J connectivity index is 2.15. The highest BCUT2D eigenvalue weighted by molar-refractivity contribution is 8.15. The van der Waals surface area contributed by atoms with Crippen LogP contribution in [0.15, 0.2) is 33.3 Å². The fourth-order valence-electron chi connectivity index (χ4n) is 1.69. The molecule has 1 amide bonds. The smallest absolute Gasteiger partial charge is 0.305 e. The van der Waals surface area contributed by atoms with E-state index in [1.165, 1.54) is 0 Å². The van der Waals surface area contributed by atoms with Gasteiger partial charge < -0.3 is 15.5 Å². The van der Waals surface area contributed by atoms with Gasteiger partial charge in [0.25, 0.3) is 10.1 Å². The Morgan fingerprint density at radius 3 is 2.75 bits per heavy atom. The molecule has 0 aromatic heterocycles. The van der Waals surface area contributed by atoms with E-state index < -0.39 is 32.1 Å². The number of carboxylic acids is 1. The minimum absolute atomic E-state index is 0.0223. The Morgan fingerprint density at radius 2 is 2.12 bits per heavy atom. The van der Waals surface area contributed by atoms with Gasteiger partial charge in [0.15, 0.2) is 5.17 Å². The van der Waals surface area contributed by atoms with Crippen LogP contribution in [0.3, 0.4) is 0 Å². The molecule has 1 unspecified atom stereocenters. The number of amidine groups is 1. The van der Waals surface area contributed by atoms with Crippen molar-refractivity contribution >= 4 is 45.1 Å². The lowest BCUT2D eigenvalue weighted by Gasteiger charge is -2.01. The quantitative estimate of drug-likeness (QED) is 0.319. The molecule has 1 aromatic rings. The zero-order valence-corrected chi connectivity index (χ0v) is 13.4. The molecule has 12 heteroatoms. The first-order valence-electron chi connectivity index (χ1n) is 6.27. The van der Waals surface area contributed by atoms with E-state index in [9.17, 15) is 23.1 Å². The van der Waals surface area contributed by atoms with Crippen LogP contribution in [-0.4, -0.2) is 51.7 Å². The molecule has 0 radical (unpaired) electrons. The van der Waals surface area contributed by atoms with E-state index in [1.54, 1.807) is 0 Å². The molecule has 10 nitrogen and oxygen atoms in total. The fourth-order valence-corrected chi connectivity index (χ4v) is 3.12. The van der Waals surface area contributed by atoms with Gasteiger partial charge in [0.2, 0.25) is 5.91 Å². The molecule has 128 valence electrons. The standard InChI is InChI=1S/C12H11N3O7S2/c16-8-2-1-7(24(20,21)22)3-6(8)5-13-15-12-14-11(19)9(23-12)4-10(17)18/h1-3,5,9,16H,4H2,(H,17,18)(H,14,15,19)(H,20,21,22). The zero-order valence-electron chi connectivity index (χ0n) is 11.8. The Bertz CT molecular complexity index is 848. The molecule has 2 rings (SSSR count). The SMILES string of the molecule is O=C(O)CC1SC(=NN=Cc2cc(S(=O)(=O)O)ccc2O)NC1=O. The van der Waals surface area contributed by atoms with Gasteiger partial charge in [-0.3, -0.25) is 14.1 Å². The molecule has 0 spiro atoms. The molecule has 4 N–H and O–H groups in total. The minimum atomic E-state index is -4.43. The van der Waals surface area contributed by atoms with Crippen LogP contribution in [0, 0.1) is 0 Å². The van der Waals surface area contributed by atoms with Gasteiger partial charge >= 0.3 is 5.97 Å². The Hall–Kier alpha value is -2.44. The van der Waals surface area contributed by atoms with Crippen molar-refractivity contribution in [2.45, 2.75) is 16.6 Å². The molecule has 1 heterocycles. The van der Waals surface area contributed by atoms with Crippen molar-refractivity contribution in [2.75, 3.05) is 0 Å². The number of hydrogen-bond donors (Lipinski definition) is 4. The van der Waals surface area contributed by atoms with Gasteiger partial charge in [-0.1, -0.05) is 11.8 Å². The van der Waals surface area contributed by atoms with Crippen LogP contribution in [0.1, 0.15) is 12.0 Å². The van der Waals surface area contributed by atoms with Gasteiger partial charge in [-0.05, 0) is 18.2 Å². The number of nitrogens with zero attached hydrogens (tertiary/aromatic N) is 2. The van der Waals surface area contributed by atoms with Crippen LogP contribution in [-0.2, 0) is 19.7 Å². The number of thioether (sulfide) groups is 1. The Kier molecular flexibility index (Phi) is 5.21. The van der Waals surface area contributed by atoms with Crippen LogP contribution in [0.4, 0.5) is 0 Å². The molecule has 1 aromatic carbocycles. The molecule has 1 saturated heterocycles. The fraction of sp³-hybridized carbons (Fsp3) is 0.167. The lowest BCUT2D eigenvalue weighted by atomic mass is 10.2. The third kappa shape index (κ3) is 4.53. The van der Waals surface area contributed by atoms with Crippen molar-refractivity contribution in [3.63, 3.8) is 0 Å². The van der Waals surface area contributed by atoms with Crippen molar-refractivity contribution in [1.82, 2.24) is 5.32 Å². The average Bonchev–Trinajstić information content (AvgIpc) is 2.79. The van der Waals surface area contributed by atoms with Gasteiger partial charge in [-0.25, -0.2) is 0 Å². The number of aromatic hydroxyl groups is 1. The Morgan fingerprint density at radius 1 is 1.42 bits per heavy atom. The van der Waals surface area contributed by atoms with Gasteiger partial charge in [-0.15, -0.1) is 5.10 Å². The number of phenols is 1. The third-order valence-corrected chi connectivity index (χ3v) is 4.70. The molecule has 1 fully saturated rings. The molecule has 0 aliphatic carbocycles. The monoisotopic (exact) mass is 373 g/mol. The van der Waals surface area contributed by atoms with Gasteiger partial charge in [-0.2, -0.15) is 13.5 Å². The highest BCUT2D eigenvalue weighted by Gasteiger charge is 2.32. The van der Waals surface area contributed by atoms with E-state index in [-0.39, 0.29) is 22.9 Å². The van der Waals surface area contributed by atoms with E-state index in [1.807, 2.05) is 0 Å². The lowest BCUT2D eigenvalue weighted by Crippen LogP contribution is -2.26. The second-order valence-corrected chi connectivity index (χ2v) is 7.15. The summed E-state index contributed by atoms with van der Waals surface area (Å²) in [5, 5.41) is 27.2. The van der Waals surface area contributed by atoms with Crippen LogP contribution < -0.4 is 5.32 Å². The molecule has 1 aliphatic heterocycles. The predicted octanol–water partition coefficient (Wildman–Crippen LogP) is 0.0351.